The molecule has 0 aliphatic rings. The van der Waals surface area contributed by atoms with Gasteiger partial charge in [-0.05, 0) is 25.0 Å². The number of unbranched alkanes of at least 4 members (excludes halogenated alkanes) is 7. The van der Waals surface area contributed by atoms with E-state index in [0.717, 1.165) is 0 Å². The zero-order valence-corrected chi connectivity index (χ0v) is 17.4. The molecule has 0 unspecified atom stereocenters. The first-order valence-corrected chi connectivity index (χ1v) is 12.4. The van der Waals surface area contributed by atoms with Crippen LogP contribution in [0.15, 0.2) is 30.3 Å². The molecule has 0 saturated heterocycles. The van der Waals surface area contributed by atoms with Crippen LogP contribution in [0.4, 0.5) is 13.2 Å². The summed E-state index contributed by atoms with van der Waals surface area (Å²) in [6, 6.07) is 11.0. The van der Waals surface area contributed by atoms with Crippen LogP contribution in [0.2, 0.25) is 0 Å². The van der Waals surface area contributed by atoms with Gasteiger partial charge in [-0.2, -0.15) is 13.2 Å². The van der Waals surface area contributed by atoms with Crippen molar-refractivity contribution in [1.29, 1.82) is 0 Å². The normalized spacial score (nSPS) is 11.7. The lowest BCUT2D eigenvalue weighted by Crippen LogP contribution is -3.62. The summed E-state index contributed by atoms with van der Waals surface area (Å²) in [6.45, 7) is 2.28. The Morgan fingerprint density at radius 1 is 0.920 bits per heavy atom. The van der Waals surface area contributed by atoms with E-state index in [1.54, 1.807) is 3.57 Å². The number of rotatable bonds is 10. The third kappa shape index (κ3) is 14.5. The van der Waals surface area contributed by atoms with Gasteiger partial charge >= 0.3 is 26.7 Å². The van der Waals surface area contributed by atoms with Gasteiger partial charge in [0.1, 0.15) is 4.43 Å². The van der Waals surface area contributed by atoms with Crippen LogP contribution in [0, 0.1) is 3.57 Å². The topological polar surface area (TPSA) is 57.2 Å². The number of alkyl halides is 4. The molecular weight excluding hydrogens is 468 g/mol. The molecule has 0 bridgehead atoms. The van der Waals surface area contributed by atoms with Crippen molar-refractivity contribution in [1.82, 2.24) is 0 Å². The van der Waals surface area contributed by atoms with Crippen LogP contribution in [-0.4, -0.2) is 22.9 Å². The van der Waals surface area contributed by atoms with Gasteiger partial charge in [0.2, 0.25) is 0 Å². The van der Waals surface area contributed by atoms with Crippen molar-refractivity contribution in [3.63, 3.8) is 0 Å². The van der Waals surface area contributed by atoms with Crippen molar-refractivity contribution in [3.05, 3.63) is 33.9 Å². The highest BCUT2D eigenvalue weighted by Gasteiger charge is 2.36. The van der Waals surface area contributed by atoms with Gasteiger partial charge < -0.3 is 4.55 Å². The van der Waals surface area contributed by atoms with E-state index >= 15 is 0 Å². The third-order valence-corrected chi connectivity index (χ3v) is 6.72. The summed E-state index contributed by atoms with van der Waals surface area (Å²) < 4.78 is 62.0. The van der Waals surface area contributed by atoms with Gasteiger partial charge in [0.25, 0.3) is 0 Å². The fraction of sp³-hybridized carbons (Fsp3) is 0.647. The number of halogens is 4. The van der Waals surface area contributed by atoms with Crippen molar-refractivity contribution >= 4 is 10.1 Å². The molecule has 8 heteroatoms. The Bertz CT molecular complexity index is 534. The quantitative estimate of drug-likeness (QED) is 0.165. The van der Waals surface area contributed by atoms with Crippen LogP contribution in [0.5, 0.6) is 0 Å². The third-order valence-electron chi connectivity index (χ3n) is 3.25. The molecule has 0 amide bonds. The summed E-state index contributed by atoms with van der Waals surface area (Å²) in [5.74, 6) is 0. The molecule has 3 nitrogen and oxygen atoms in total. The minimum Gasteiger partial charge on any atom is -0.741 e. The molecule has 0 aromatic heterocycles. The fourth-order valence-corrected chi connectivity index (χ4v) is 4.38. The lowest BCUT2D eigenvalue weighted by molar-refractivity contribution is -0.627. The van der Waals surface area contributed by atoms with Crippen LogP contribution < -0.4 is 21.2 Å². The Morgan fingerprint density at radius 2 is 1.36 bits per heavy atom. The molecule has 0 heterocycles. The summed E-state index contributed by atoms with van der Waals surface area (Å²) in [5, 5.41) is 0. The Labute approximate surface area is 159 Å². The second kappa shape index (κ2) is 13.8. The maximum atomic E-state index is 10.7. The van der Waals surface area contributed by atoms with Gasteiger partial charge in [-0.1, -0.05) is 63.6 Å². The van der Waals surface area contributed by atoms with E-state index < -0.39 is 15.6 Å². The molecule has 146 valence electrons. The van der Waals surface area contributed by atoms with Gasteiger partial charge in [-0.25, -0.2) is 8.42 Å². The van der Waals surface area contributed by atoms with Crippen molar-refractivity contribution < 1.29 is 47.3 Å². The first-order chi connectivity index (χ1) is 11.7. The van der Waals surface area contributed by atoms with Gasteiger partial charge in [0, 0.05) is 0 Å². The highest BCUT2D eigenvalue weighted by Crippen LogP contribution is 2.20. The van der Waals surface area contributed by atoms with Gasteiger partial charge in [-0.3, -0.25) is 0 Å². The van der Waals surface area contributed by atoms with Crippen LogP contribution in [0.3, 0.4) is 0 Å². The Balaban J connectivity index is 0.000000609. The summed E-state index contributed by atoms with van der Waals surface area (Å²) in [4.78, 5) is 0. The molecule has 0 aliphatic carbocycles. The fourth-order valence-electron chi connectivity index (χ4n) is 1.91. The van der Waals surface area contributed by atoms with Crippen LogP contribution in [0.25, 0.3) is 0 Å². The van der Waals surface area contributed by atoms with E-state index in [0.29, 0.717) is 21.2 Å². The number of hydrogen-bond donors (Lipinski definition) is 0. The van der Waals surface area contributed by atoms with E-state index in [-0.39, 0.29) is 0 Å². The van der Waals surface area contributed by atoms with Crippen molar-refractivity contribution in [2.45, 2.75) is 63.8 Å². The van der Waals surface area contributed by atoms with Gasteiger partial charge in [0.15, 0.2) is 13.7 Å². The van der Waals surface area contributed by atoms with E-state index in [2.05, 4.69) is 37.3 Å². The average Bonchev–Trinajstić information content (AvgIpc) is 2.53. The summed E-state index contributed by atoms with van der Waals surface area (Å²) in [6.07, 6.45) is 11.5. The van der Waals surface area contributed by atoms with E-state index in [9.17, 15) is 13.2 Å². The maximum absolute atomic E-state index is 10.7. The smallest absolute Gasteiger partial charge is 0.485 e. The minimum absolute atomic E-state index is 0.295. The molecule has 0 atom stereocenters. The predicted octanol–water partition coefficient (Wildman–Crippen LogP) is 2.14. The van der Waals surface area contributed by atoms with Gasteiger partial charge in [-0.15, -0.1) is 0 Å². The van der Waals surface area contributed by atoms with E-state index in [1.165, 1.54) is 55.8 Å². The van der Waals surface area contributed by atoms with Crippen LogP contribution in [0.1, 0.15) is 58.3 Å². The molecule has 25 heavy (non-hydrogen) atoms. The molecule has 0 N–H and O–H groups in total. The highest BCUT2D eigenvalue weighted by molar-refractivity contribution is 7.86. The number of benzene rings is 1. The molecule has 0 fully saturated rings. The maximum Gasteiger partial charge on any atom is 0.485 e. The molecule has 1 aromatic rings. The molecule has 0 radical (unpaired) electrons. The average molecular weight is 494 g/mol. The SMILES string of the molecule is CCCCCCCCCC[I+]c1ccccc1.O=S(=O)([O-])C(F)(F)F. The lowest BCUT2D eigenvalue weighted by atomic mass is 10.1. The summed E-state index contributed by atoms with van der Waals surface area (Å²) in [7, 11) is -6.09. The molecule has 0 saturated carbocycles. The summed E-state index contributed by atoms with van der Waals surface area (Å²) in [5.41, 5.74) is -5.65. The first-order valence-electron chi connectivity index (χ1n) is 8.35. The van der Waals surface area contributed by atoms with Crippen molar-refractivity contribution in [2.24, 2.45) is 0 Å². The van der Waals surface area contributed by atoms with Crippen LogP contribution >= 0.6 is 0 Å². The largest absolute Gasteiger partial charge is 0.741 e. The second-order valence-corrected chi connectivity index (χ2v) is 9.95. The number of hydrogen-bond acceptors (Lipinski definition) is 3. The molecule has 1 rings (SSSR count). The first kappa shape index (κ1) is 24.7. The zero-order valence-electron chi connectivity index (χ0n) is 14.4. The van der Waals surface area contributed by atoms with Gasteiger partial charge in [0.05, 0.1) is 0 Å². The molecule has 1 aromatic carbocycles. The Hall–Kier alpha value is -0.350. The zero-order chi connectivity index (χ0) is 19.2. The lowest BCUT2D eigenvalue weighted by Gasteiger charge is -2.08. The summed E-state index contributed by atoms with van der Waals surface area (Å²) >= 11 is 0.295. The Morgan fingerprint density at radius 3 is 1.80 bits per heavy atom. The second-order valence-electron chi connectivity index (χ2n) is 5.49. The molecule has 0 spiro atoms. The molecule has 0 aliphatic heterocycles. The standard InChI is InChI=1S/C16H26I.CHF3O3S/c1-2-3-4-5-6-7-8-12-15-17-16-13-10-9-11-14-16;2-1(3,4)8(5,6)7/h9-11,13-14H,2-8,12,15H2,1H3;(H,5,6,7)/q+1;/p-1. The van der Waals surface area contributed by atoms with E-state index in [4.69, 9.17) is 13.0 Å². The monoisotopic (exact) mass is 494 g/mol. The Kier molecular flexibility index (Phi) is 13.6. The predicted molar refractivity (Wildman–Crippen MR) is 88.4 cm³/mol. The van der Waals surface area contributed by atoms with Crippen molar-refractivity contribution in [2.75, 3.05) is 4.43 Å². The van der Waals surface area contributed by atoms with E-state index in [1.807, 2.05) is 0 Å². The minimum atomic E-state index is -6.09. The highest BCUT2D eigenvalue weighted by atomic mass is 127. The van der Waals surface area contributed by atoms with Crippen LogP contribution in [-0.2, 0) is 10.1 Å². The molecular formula is C17H26F3IO3S. The van der Waals surface area contributed by atoms with Crippen molar-refractivity contribution in [3.8, 4) is 0 Å².